The second kappa shape index (κ2) is 6.29. The van der Waals surface area contributed by atoms with Crippen LogP contribution in [0.4, 0.5) is 9.80 Å². The predicted octanol–water partition coefficient (Wildman–Crippen LogP) is 3.97. The highest BCUT2D eigenvalue weighted by Crippen LogP contribution is 2.39. The average molecular weight is 333 g/mol. The summed E-state index contributed by atoms with van der Waals surface area (Å²) in [7, 11) is 0. The standard InChI is InChI=1S/C15H13ClN4OS/c1-9-17-7-6-10(19-9)8-18-15(21)20-14-13(16)11-4-2-3-5-12(11)22-14/h2-7H,8H2,1H3,(H2,18,20,21). The average Bonchev–Trinajstić information content (AvgIpc) is 2.82. The van der Waals surface area contributed by atoms with Gasteiger partial charge in [-0.1, -0.05) is 29.8 Å². The molecule has 1 aromatic carbocycles. The number of nitrogens with zero attached hydrogens (tertiary/aromatic N) is 2. The maximum atomic E-state index is 12.0. The highest BCUT2D eigenvalue weighted by atomic mass is 35.5. The van der Waals surface area contributed by atoms with Gasteiger partial charge in [-0.3, -0.25) is 5.32 Å². The van der Waals surface area contributed by atoms with Gasteiger partial charge in [0.25, 0.3) is 0 Å². The van der Waals surface area contributed by atoms with E-state index in [9.17, 15) is 4.79 Å². The number of aryl methyl sites for hydroxylation is 1. The van der Waals surface area contributed by atoms with Gasteiger partial charge < -0.3 is 5.32 Å². The quantitative estimate of drug-likeness (QED) is 0.762. The Kier molecular flexibility index (Phi) is 4.22. The van der Waals surface area contributed by atoms with Crippen LogP contribution in [-0.4, -0.2) is 16.0 Å². The molecule has 2 N–H and O–H groups in total. The van der Waals surface area contributed by atoms with Crippen LogP contribution < -0.4 is 10.6 Å². The molecule has 0 aliphatic carbocycles. The van der Waals surface area contributed by atoms with Crippen molar-refractivity contribution in [1.29, 1.82) is 0 Å². The van der Waals surface area contributed by atoms with E-state index in [2.05, 4.69) is 20.6 Å². The van der Waals surface area contributed by atoms with Crippen LogP contribution in [0.3, 0.4) is 0 Å². The maximum Gasteiger partial charge on any atom is 0.320 e. The summed E-state index contributed by atoms with van der Waals surface area (Å²) in [5.74, 6) is 0.673. The van der Waals surface area contributed by atoms with Crippen molar-refractivity contribution in [3.8, 4) is 0 Å². The molecule has 0 atom stereocenters. The zero-order valence-electron chi connectivity index (χ0n) is 11.8. The van der Waals surface area contributed by atoms with Crippen molar-refractivity contribution >= 4 is 44.1 Å². The Hall–Kier alpha value is -2.18. The smallest absolute Gasteiger partial charge is 0.320 e. The van der Waals surface area contributed by atoms with Gasteiger partial charge >= 0.3 is 6.03 Å². The first kappa shape index (κ1) is 14.7. The number of hydrogen-bond donors (Lipinski definition) is 2. The first-order chi connectivity index (χ1) is 10.6. The summed E-state index contributed by atoms with van der Waals surface area (Å²) < 4.78 is 1.04. The number of nitrogens with one attached hydrogen (secondary N) is 2. The Labute approximate surface area is 136 Å². The predicted molar refractivity (Wildman–Crippen MR) is 89.5 cm³/mol. The summed E-state index contributed by atoms with van der Waals surface area (Å²) in [5, 5.41) is 7.67. The number of rotatable bonds is 3. The Morgan fingerprint density at radius 3 is 2.91 bits per heavy atom. The molecule has 0 radical (unpaired) electrons. The molecule has 0 aliphatic rings. The highest BCUT2D eigenvalue weighted by Gasteiger charge is 2.12. The second-order valence-corrected chi connectivity index (χ2v) is 6.07. The first-order valence-electron chi connectivity index (χ1n) is 6.64. The number of thiophene rings is 1. The number of amides is 2. The molecule has 0 aliphatic heterocycles. The summed E-state index contributed by atoms with van der Waals surface area (Å²) >= 11 is 7.73. The first-order valence-corrected chi connectivity index (χ1v) is 7.83. The largest absolute Gasteiger partial charge is 0.332 e. The summed E-state index contributed by atoms with van der Waals surface area (Å²) in [6, 6.07) is 9.21. The lowest BCUT2D eigenvalue weighted by Gasteiger charge is -2.06. The zero-order valence-corrected chi connectivity index (χ0v) is 13.3. The van der Waals surface area contributed by atoms with Crippen LogP contribution in [-0.2, 0) is 6.54 Å². The van der Waals surface area contributed by atoms with Gasteiger partial charge in [-0.05, 0) is 19.1 Å². The lowest BCUT2D eigenvalue weighted by Crippen LogP contribution is -2.28. The van der Waals surface area contributed by atoms with Crippen LogP contribution in [0.15, 0.2) is 36.5 Å². The van der Waals surface area contributed by atoms with E-state index >= 15 is 0 Å². The van der Waals surface area contributed by atoms with Gasteiger partial charge in [0.15, 0.2) is 0 Å². The fourth-order valence-corrected chi connectivity index (χ4v) is 3.39. The third kappa shape index (κ3) is 3.18. The number of halogens is 1. The number of aromatic nitrogens is 2. The van der Waals surface area contributed by atoms with Gasteiger partial charge in [-0.2, -0.15) is 0 Å². The lowest BCUT2D eigenvalue weighted by atomic mass is 10.3. The zero-order chi connectivity index (χ0) is 15.5. The van der Waals surface area contributed by atoms with Crippen LogP contribution in [0, 0.1) is 6.92 Å². The molecule has 3 aromatic rings. The van der Waals surface area contributed by atoms with Crippen molar-refractivity contribution in [3.05, 3.63) is 53.1 Å². The maximum absolute atomic E-state index is 12.0. The van der Waals surface area contributed by atoms with E-state index in [1.54, 1.807) is 19.2 Å². The second-order valence-electron chi connectivity index (χ2n) is 4.64. The molecule has 0 saturated heterocycles. The van der Waals surface area contributed by atoms with Crippen molar-refractivity contribution in [3.63, 3.8) is 0 Å². The van der Waals surface area contributed by atoms with Crippen LogP contribution in [0.2, 0.25) is 5.02 Å². The molecular weight excluding hydrogens is 320 g/mol. The Bertz CT molecular complexity index is 833. The van der Waals surface area contributed by atoms with Crippen LogP contribution >= 0.6 is 22.9 Å². The van der Waals surface area contributed by atoms with Gasteiger partial charge in [-0.25, -0.2) is 14.8 Å². The number of benzene rings is 1. The molecule has 3 rings (SSSR count). The highest BCUT2D eigenvalue weighted by molar-refractivity contribution is 7.23. The number of anilines is 1. The van der Waals surface area contributed by atoms with Crippen molar-refractivity contribution in [1.82, 2.24) is 15.3 Å². The Balaban J connectivity index is 1.67. The molecule has 2 heterocycles. The summed E-state index contributed by atoms with van der Waals surface area (Å²) in [5.41, 5.74) is 0.755. The SMILES string of the molecule is Cc1nccc(CNC(=O)Nc2sc3ccccc3c2Cl)n1. The monoisotopic (exact) mass is 332 g/mol. The summed E-state index contributed by atoms with van der Waals surface area (Å²) in [6.07, 6.45) is 1.67. The Morgan fingerprint density at radius 1 is 1.32 bits per heavy atom. The molecule has 0 saturated carbocycles. The lowest BCUT2D eigenvalue weighted by molar-refractivity contribution is 0.251. The van der Waals surface area contributed by atoms with E-state index in [4.69, 9.17) is 11.6 Å². The molecule has 22 heavy (non-hydrogen) atoms. The molecule has 0 bridgehead atoms. The molecular formula is C15H13ClN4OS. The van der Waals surface area contributed by atoms with E-state index < -0.39 is 0 Å². The fraction of sp³-hybridized carbons (Fsp3) is 0.133. The molecule has 0 unspecified atom stereocenters. The van der Waals surface area contributed by atoms with Gasteiger partial charge in [0.05, 0.1) is 17.3 Å². The number of carbonyl (C=O) groups excluding carboxylic acids is 1. The minimum Gasteiger partial charge on any atom is -0.332 e. The molecule has 112 valence electrons. The molecule has 0 fully saturated rings. The summed E-state index contributed by atoms with van der Waals surface area (Å²) in [4.78, 5) is 20.2. The number of urea groups is 1. The van der Waals surface area contributed by atoms with Crippen LogP contribution in [0.5, 0.6) is 0 Å². The topological polar surface area (TPSA) is 66.9 Å². The number of carbonyl (C=O) groups is 1. The van der Waals surface area contributed by atoms with Gasteiger partial charge in [0.1, 0.15) is 10.8 Å². The molecule has 7 heteroatoms. The minimum atomic E-state index is -0.315. The van der Waals surface area contributed by atoms with Crippen molar-refractivity contribution in [2.75, 3.05) is 5.32 Å². The van der Waals surface area contributed by atoms with Crippen molar-refractivity contribution in [2.24, 2.45) is 0 Å². The van der Waals surface area contributed by atoms with Gasteiger partial charge in [-0.15, -0.1) is 11.3 Å². The minimum absolute atomic E-state index is 0.315. The van der Waals surface area contributed by atoms with Crippen molar-refractivity contribution in [2.45, 2.75) is 13.5 Å². The summed E-state index contributed by atoms with van der Waals surface area (Å²) in [6.45, 7) is 2.14. The number of hydrogen-bond acceptors (Lipinski definition) is 4. The normalized spacial score (nSPS) is 10.6. The Morgan fingerprint density at radius 2 is 2.14 bits per heavy atom. The van der Waals surface area contributed by atoms with E-state index in [1.807, 2.05) is 24.3 Å². The fourth-order valence-electron chi connectivity index (χ4n) is 2.02. The van der Waals surface area contributed by atoms with Gasteiger partial charge in [0, 0.05) is 16.3 Å². The van der Waals surface area contributed by atoms with Crippen LogP contribution in [0.25, 0.3) is 10.1 Å². The van der Waals surface area contributed by atoms with E-state index in [1.165, 1.54) is 11.3 Å². The van der Waals surface area contributed by atoms with Crippen molar-refractivity contribution < 1.29 is 4.79 Å². The van der Waals surface area contributed by atoms with Crippen LogP contribution in [0.1, 0.15) is 11.5 Å². The van der Waals surface area contributed by atoms with E-state index in [-0.39, 0.29) is 6.03 Å². The van der Waals surface area contributed by atoms with Gasteiger partial charge in [0.2, 0.25) is 0 Å². The molecule has 5 nitrogen and oxygen atoms in total. The molecule has 2 aromatic heterocycles. The third-order valence-electron chi connectivity index (χ3n) is 3.03. The number of fused-ring (bicyclic) bond motifs is 1. The molecule has 2 amide bonds. The van der Waals surface area contributed by atoms with E-state index in [0.717, 1.165) is 15.8 Å². The van der Waals surface area contributed by atoms with E-state index in [0.29, 0.717) is 22.4 Å². The third-order valence-corrected chi connectivity index (χ3v) is 4.62. The molecule has 0 spiro atoms.